The van der Waals surface area contributed by atoms with Crippen molar-refractivity contribution in [1.82, 2.24) is 0 Å². The Balaban J connectivity index is 0. The maximum absolute atomic E-state index is 11.9. The van der Waals surface area contributed by atoms with Crippen LogP contribution >= 0.6 is 11.8 Å². The van der Waals surface area contributed by atoms with Crippen molar-refractivity contribution in [2.24, 2.45) is 0 Å². The third-order valence-corrected chi connectivity index (χ3v) is 2.71. The van der Waals surface area contributed by atoms with E-state index in [0.717, 1.165) is 11.3 Å². The summed E-state index contributed by atoms with van der Waals surface area (Å²) in [5, 5.41) is 0. The van der Waals surface area contributed by atoms with Crippen LogP contribution in [0.15, 0.2) is 29.2 Å². The largest absolute Gasteiger partial charge is 0.435 e. The standard InChI is InChI=1S/C12H14F2OS.C3H8.C2H6/c1-3-16-9(2)8-10-4-6-11(7-5-10)15-12(13)14;1-3-2;1-2/h4-8,12H,3H2,1-2H3;3H2,1-2H3;1-2H3/b9-8+;;. The number of thioether (sulfide) groups is 1. The van der Waals surface area contributed by atoms with E-state index in [1.807, 2.05) is 26.8 Å². The molecule has 1 rings (SSSR count). The van der Waals surface area contributed by atoms with Crippen molar-refractivity contribution in [3.05, 3.63) is 34.7 Å². The fourth-order valence-electron chi connectivity index (χ4n) is 1.25. The monoisotopic (exact) mass is 318 g/mol. The molecule has 0 aliphatic rings. The molecule has 0 aromatic heterocycles. The lowest BCUT2D eigenvalue weighted by atomic mass is 10.2. The Morgan fingerprint density at radius 3 is 2.00 bits per heavy atom. The zero-order valence-corrected chi connectivity index (χ0v) is 14.8. The van der Waals surface area contributed by atoms with E-state index in [2.05, 4.69) is 25.5 Å². The highest BCUT2D eigenvalue weighted by atomic mass is 32.2. The van der Waals surface area contributed by atoms with Crippen molar-refractivity contribution in [2.45, 2.75) is 54.6 Å². The van der Waals surface area contributed by atoms with Gasteiger partial charge in [0.25, 0.3) is 0 Å². The predicted octanol–water partition coefficient (Wildman–Crippen LogP) is 6.84. The van der Waals surface area contributed by atoms with Gasteiger partial charge in [-0.1, -0.05) is 53.2 Å². The molecule has 0 saturated carbocycles. The summed E-state index contributed by atoms with van der Waals surface area (Å²) in [7, 11) is 0. The van der Waals surface area contributed by atoms with Gasteiger partial charge in [0.1, 0.15) is 5.75 Å². The summed E-state index contributed by atoms with van der Waals surface area (Å²) in [5.74, 6) is 1.21. The summed E-state index contributed by atoms with van der Waals surface area (Å²) < 4.78 is 28.1. The zero-order valence-electron chi connectivity index (χ0n) is 14.0. The van der Waals surface area contributed by atoms with E-state index in [4.69, 9.17) is 0 Å². The van der Waals surface area contributed by atoms with Gasteiger partial charge in [-0.05, 0) is 41.4 Å². The van der Waals surface area contributed by atoms with Crippen molar-refractivity contribution < 1.29 is 13.5 Å². The molecule has 0 amide bonds. The lowest BCUT2D eigenvalue weighted by Gasteiger charge is -2.04. The molecule has 0 N–H and O–H groups in total. The van der Waals surface area contributed by atoms with E-state index < -0.39 is 6.61 Å². The van der Waals surface area contributed by atoms with Crippen LogP contribution in [0.2, 0.25) is 0 Å². The Kier molecular flexibility index (Phi) is 16.3. The maximum Gasteiger partial charge on any atom is 0.387 e. The van der Waals surface area contributed by atoms with Gasteiger partial charge in [0, 0.05) is 0 Å². The number of hydrogen-bond donors (Lipinski definition) is 0. The number of hydrogen-bond acceptors (Lipinski definition) is 2. The number of halogens is 2. The van der Waals surface area contributed by atoms with Crippen LogP contribution in [-0.4, -0.2) is 12.4 Å². The Labute approximate surface area is 132 Å². The number of benzene rings is 1. The third-order valence-electron chi connectivity index (χ3n) is 1.85. The highest BCUT2D eigenvalue weighted by Gasteiger charge is 2.02. The highest BCUT2D eigenvalue weighted by Crippen LogP contribution is 2.20. The zero-order chi connectivity index (χ0) is 16.7. The molecule has 0 atom stereocenters. The number of ether oxygens (including phenoxy) is 1. The van der Waals surface area contributed by atoms with E-state index in [-0.39, 0.29) is 5.75 Å². The van der Waals surface area contributed by atoms with Gasteiger partial charge in [0.2, 0.25) is 0 Å². The Bertz CT molecular complexity index is 362. The van der Waals surface area contributed by atoms with Gasteiger partial charge in [-0.25, -0.2) is 0 Å². The molecule has 122 valence electrons. The lowest BCUT2D eigenvalue weighted by molar-refractivity contribution is -0.0498. The van der Waals surface area contributed by atoms with E-state index in [9.17, 15) is 8.78 Å². The van der Waals surface area contributed by atoms with Gasteiger partial charge in [-0.3, -0.25) is 0 Å². The van der Waals surface area contributed by atoms with Gasteiger partial charge >= 0.3 is 6.61 Å². The second-order valence-electron chi connectivity index (χ2n) is 3.84. The van der Waals surface area contributed by atoms with Crippen LogP contribution < -0.4 is 4.74 Å². The highest BCUT2D eigenvalue weighted by molar-refractivity contribution is 8.03. The summed E-state index contributed by atoms with van der Waals surface area (Å²) in [6.45, 7) is 9.60. The minimum Gasteiger partial charge on any atom is -0.435 e. The quantitative estimate of drug-likeness (QED) is 0.587. The first kappa shape index (κ1) is 22.3. The average molecular weight is 318 g/mol. The van der Waals surface area contributed by atoms with Crippen LogP contribution in [0.4, 0.5) is 8.78 Å². The fraction of sp³-hybridized carbons (Fsp3) is 0.529. The van der Waals surface area contributed by atoms with Crippen molar-refractivity contribution in [3.63, 3.8) is 0 Å². The molecular weight excluding hydrogens is 290 g/mol. The van der Waals surface area contributed by atoms with Crippen molar-refractivity contribution in [3.8, 4) is 5.75 Å². The molecule has 0 aliphatic heterocycles. The smallest absolute Gasteiger partial charge is 0.387 e. The number of alkyl halides is 2. The van der Waals surface area contributed by atoms with Crippen LogP contribution in [0.25, 0.3) is 6.08 Å². The van der Waals surface area contributed by atoms with Crippen LogP contribution in [0.3, 0.4) is 0 Å². The average Bonchev–Trinajstić information content (AvgIpc) is 2.44. The second kappa shape index (κ2) is 15.4. The van der Waals surface area contributed by atoms with E-state index in [1.54, 1.807) is 36.0 Å². The van der Waals surface area contributed by atoms with Gasteiger partial charge in [0.05, 0.1) is 0 Å². The number of rotatable bonds is 5. The van der Waals surface area contributed by atoms with Gasteiger partial charge < -0.3 is 4.74 Å². The summed E-state index contributed by atoms with van der Waals surface area (Å²) >= 11 is 1.75. The molecule has 0 aliphatic carbocycles. The predicted molar refractivity (Wildman–Crippen MR) is 92.2 cm³/mol. The summed E-state index contributed by atoms with van der Waals surface area (Å²) in [5.41, 5.74) is 0.986. The first-order valence-electron chi connectivity index (χ1n) is 7.39. The fourth-order valence-corrected chi connectivity index (χ4v) is 1.92. The lowest BCUT2D eigenvalue weighted by Crippen LogP contribution is -2.01. The molecule has 0 bridgehead atoms. The molecular formula is C17H28F2OS. The molecule has 0 saturated heterocycles. The Morgan fingerprint density at radius 1 is 1.14 bits per heavy atom. The summed E-state index contributed by atoms with van der Waals surface area (Å²) in [6.07, 6.45) is 3.26. The molecule has 0 spiro atoms. The Morgan fingerprint density at radius 2 is 1.62 bits per heavy atom. The molecule has 0 unspecified atom stereocenters. The first-order valence-corrected chi connectivity index (χ1v) is 8.37. The van der Waals surface area contributed by atoms with E-state index >= 15 is 0 Å². The molecule has 1 aromatic carbocycles. The van der Waals surface area contributed by atoms with Crippen molar-refractivity contribution >= 4 is 17.8 Å². The van der Waals surface area contributed by atoms with Crippen LogP contribution in [0.1, 0.15) is 53.5 Å². The van der Waals surface area contributed by atoms with E-state index in [0.29, 0.717) is 0 Å². The molecule has 0 fully saturated rings. The molecule has 0 heterocycles. The first-order chi connectivity index (χ1) is 10.0. The van der Waals surface area contributed by atoms with Crippen molar-refractivity contribution in [2.75, 3.05) is 5.75 Å². The summed E-state index contributed by atoms with van der Waals surface area (Å²) in [6, 6.07) is 6.61. The van der Waals surface area contributed by atoms with Crippen molar-refractivity contribution in [1.29, 1.82) is 0 Å². The molecule has 1 nitrogen and oxygen atoms in total. The number of allylic oxidation sites excluding steroid dienone is 1. The van der Waals surface area contributed by atoms with Crippen LogP contribution in [0, 0.1) is 0 Å². The molecule has 0 radical (unpaired) electrons. The van der Waals surface area contributed by atoms with Crippen LogP contribution in [0.5, 0.6) is 5.75 Å². The minimum absolute atomic E-state index is 0.188. The van der Waals surface area contributed by atoms with Gasteiger partial charge in [0.15, 0.2) is 0 Å². The normalized spacial score (nSPS) is 10.2. The van der Waals surface area contributed by atoms with Gasteiger partial charge in [-0.15, -0.1) is 11.8 Å². The van der Waals surface area contributed by atoms with E-state index in [1.165, 1.54) is 11.3 Å². The SMILES string of the molecule is CC.CCC.CCS/C(C)=C/c1ccc(OC(F)F)cc1. The molecule has 21 heavy (non-hydrogen) atoms. The summed E-state index contributed by atoms with van der Waals surface area (Å²) in [4.78, 5) is 1.20. The Hall–Kier alpha value is -1.03. The topological polar surface area (TPSA) is 9.23 Å². The minimum atomic E-state index is -2.77. The van der Waals surface area contributed by atoms with Gasteiger partial charge in [-0.2, -0.15) is 8.78 Å². The molecule has 1 aromatic rings. The van der Waals surface area contributed by atoms with Crippen LogP contribution in [-0.2, 0) is 0 Å². The molecule has 4 heteroatoms. The second-order valence-corrected chi connectivity index (χ2v) is 5.35. The maximum atomic E-state index is 11.9. The third kappa shape index (κ3) is 13.7.